The van der Waals surface area contributed by atoms with E-state index in [1.54, 1.807) is 41.1 Å². The van der Waals surface area contributed by atoms with E-state index in [2.05, 4.69) is 35.9 Å². The minimum atomic E-state index is 0.787. The average Bonchev–Trinajstić information content (AvgIpc) is 3.41. The van der Waals surface area contributed by atoms with Crippen LogP contribution < -0.4 is 9.54 Å². The maximum Gasteiger partial charge on any atom is 0.211 e. The summed E-state index contributed by atoms with van der Waals surface area (Å²) in [7, 11) is 1.66. The number of hydrogen-bond acceptors (Lipinski definition) is 6. The minimum Gasteiger partial charge on any atom is -0.497 e. The normalized spacial score (nSPS) is 12.1. The Bertz CT molecular complexity index is 1130. The van der Waals surface area contributed by atoms with Gasteiger partial charge in [-0.05, 0) is 42.6 Å². The van der Waals surface area contributed by atoms with Crippen LogP contribution in [0.15, 0.2) is 69.4 Å². The summed E-state index contributed by atoms with van der Waals surface area (Å²) < 4.78 is 7.21. The van der Waals surface area contributed by atoms with Gasteiger partial charge in [0, 0.05) is 21.2 Å². The molecule has 4 nitrogen and oxygen atoms in total. The van der Waals surface area contributed by atoms with Gasteiger partial charge in [0.1, 0.15) is 5.75 Å². The van der Waals surface area contributed by atoms with E-state index in [1.165, 1.54) is 4.88 Å². The van der Waals surface area contributed by atoms with Crippen LogP contribution in [0.1, 0.15) is 9.75 Å². The highest BCUT2D eigenvalue weighted by Gasteiger charge is 2.09. The molecular weight excluding hydrogens is 394 g/mol. The Labute approximate surface area is 169 Å². The maximum absolute atomic E-state index is 5.30. The first-order valence-corrected chi connectivity index (χ1v) is 10.8. The maximum atomic E-state index is 5.30. The topological polar surface area (TPSA) is 38.9 Å². The van der Waals surface area contributed by atoms with Crippen molar-refractivity contribution in [2.45, 2.75) is 6.92 Å². The molecule has 0 unspecified atom stereocenters. The van der Waals surface area contributed by atoms with E-state index in [9.17, 15) is 0 Å². The molecular formula is C20H17N3OS3. The summed E-state index contributed by atoms with van der Waals surface area (Å²) in [6, 6.07) is 16.1. The van der Waals surface area contributed by atoms with Crippen LogP contribution in [-0.4, -0.2) is 18.0 Å². The van der Waals surface area contributed by atoms with Gasteiger partial charge in [0.05, 0.1) is 29.6 Å². The SMILES string of the molecule is COc1cccc(N=c2scc(-c3cccs3)n2N=Cc2ccc(C)s2)c1. The Morgan fingerprint density at radius 3 is 2.74 bits per heavy atom. The van der Waals surface area contributed by atoms with Crippen molar-refractivity contribution < 1.29 is 4.74 Å². The summed E-state index contributed by atoms with van der Waals surface area (Å²) in [6.45, 7) is 2.10. The third kappa shape index (κ3) is 4.10. The number of hydrogen-bond donors (Lipinski definition) is 0. The molecule has 27 heavy (non-hydrogen) atoms. The Balaban J connectivity index is 1.81. The molecule has 136 valence electrons. The molecule has 0 spiro atoms. The molecule has 0 aliphatic heterocycles. The molecule has 0 bridgehead atoms. The van der Waals surface area contributed by atoms with Crippen LogP contribution in [0.4, 0.5) is 5.69 Å². The van der Waals surface area contributed by atoms with Crippen LogP contribution in [0.3, 0.4) is 0 Å². The smallest absolute Gasteiger partial charge is 0.211 e. The van der Waals surface area contributed by atoms with E-state index >= 15 is 0 Å². The molecule has 4 aromatic rings. The molecule has 0 saturated heterocycles. The van der Waals surface area contributed by atoms with Gasteiger partial charge >= 0.3 is 0 Å². The first-order chi connectivity index (χ1) is 13.2. The van der Waals surface area contributed by atoms with E-state index in [1.807, 2.05) is 41.2 Å². The number of thiazole rings is 1. The minimum absolute atomic E-state index is 0.787. The molecule has 0 atom stereocenters. The number of thiophene rings is 2. The molecule has 4 rings (SSSR count). The van der Waals surface area contributed by atoms with Gasteiger partial charge in [0.25, 0.3) is 0 Å². The highest BCUT2D eigenvalue weighted by Crippen LogP contribution is 2.26. The van der Waals surface area contributed by atoms with E-state index in [4.69, 9.17) is 14.8 Å². The molecule has 0 amide bonds. The Hall–Kier alpha value is -2.48. The van der Waals surface area contributed by atoms with Crippen molar-refractivity contribution in [2.75, 3.05) is 7.11 Å². The second-order valence-electron chi connectivity index (χ2n) is 5.70. The van der Waals surface area contributed by atoms with Crippen molar-refractivity contribution in [3.05, 3.63) is 73.8 Å². The molecule has 0 aliphatic rings. The monoisotopic (exact) mass is 411 g/mol. The lowest BCUT2D eigenvalue weighted by Crippen LogP contribution is -2.11. The first kappa shape index (κ1) is 17.9. The Morgan fingerprint density at radius 2 is 2.00 bits per heavy atom. The summed E-state index contributed by atoms with van der Waals surface area (Å²) >= 11 is 4.99. The van der Waals surface area contributed by atoms with Gasteiger partial charge in [-0.3, -0.25) is 0 Å². The lowest BCUT2D eigenvalue weighted by Gasteiger charge is -2.02. The second kappa shape index (κ2) is 8.04. The highest BCUT2D eigenvalue weighted by atomic mass is 32.1. The fourth-order valence-corrected chi connectivity index (χ4v) is 4.90. The third-order valence-electron chi connectivity index (χ3n) is 3.80. The van der Waals surface area contributed by atoms with E-state index in [0.717, 1.165) is 31.7 Å². The Morgan fingerprint density at radius 1 is 1.07 bits per heavy atom. The molecule has 0 fully saturated rings. The number of nitrogens with zero attached hydrogens (tertiary/aromatic N) is 3. The quantitative estimate of drug-likeness (QED) is 0.384. The largest absolute Gasteiger partial charge is 0.497 e. The molecule has 0 N–H and O–H groups in total. The van der Waals surface area contributed by atoms with Crippen molar-refractivity contribution in [2.24, 2.45) is 10.1 Å². The molecule has 0 radical (unpaired) electrons. The fourth-order valence-electron chi connectivity index (χ4n) is 2.51. The van der Waals surface area contributed by atoms with Crippen molar-refractivity contribution in [1.82, 2.24) is 4.68 Å². The average molecular weight is 412 g/mol. The number of rotatable bonds is 5. The third-order valence-corrected chi connectivity index (χ3v) is 6.44. The van der Waals surface area contributed by atoms with Crippen LogP contribution >= 0.6 is 34.0 Å². The van der Waals surface area contributed by atoms with Crippen molar-refractivity contribution in [3.63, 3.8) is 0 Å². The van der Waals surface area contributed by atoms with E-state index < -0.39 is 0 Å². The summed E-state index contributed by atoms with van der Waals surface area (Å²) in [5.41, 5.74) is 1.88. The number of ether oxygens (including phenoxy) is 1. The van der Waals surface area contributed by atoms with Gasteiger partial charge in [0.2, 0.25) is 4.80 Å². The van der Waals surface area contributed by atoms with Gasteiger partial charge in [-0.25, -0.2) is 9.67 Å². The number of aromatic nitrogens is 1. The van der Waals surface area contributed by atoms with E-state index in [-0.39, 0.29) is 0 Å². The zero-order valence-electron chi connectivity index (χ0n) is 14.8. The molecule has 0 aliphatic carbocycles. The van der Waals surface area contributed by atoms with Crippen LogP contribution in [-0.2, 0) is 0 Å². The Kier molecular flexibility index (Phi) is 5.33. The van der Waals surface area contributed by atoms with Gasteiger partial charge in [0.15, 0.2) is 0 Å². The van der Waals surface area contributed by atoms with Gasteiger partial charge < -0.3 is 4.74 Å². The van der Waals surface area contributed by atoms with Crippen LogP contribution in [0.5, 0.6) is 5.75 Å². The number of aryl methyl sites for hydroxylation is 1. The molecule has 0 saturated carbocycles. The summed E-state index contributed by atoms with van der Waals surface area (Å²) in [6.07, 6.45) is 1.89. The van der Waals surface area contributed by atoms with Gasteiger partial charge in [-0.2, -0.15) is 5.10 Å². The highest BCUT2D eigenvalue weighted by molar-refractivity contribution is 7.14. The van der Waals surface area contributed by atoms with Gasteiger partial charge in [-0.1, -0.05) is 12.1 Å². The van der Waals surface area contributed by atoms with Gasteiger partial charge in [-0.15, -0.1) is 34.0 Å². The summed E-state index contributed by atoms with van der Waals surface area (Å²) in [5.74, 6) is 0.787. The zero-order valence-corrected chi connectivity index (χ0v) is 17.3. The predicted octanol–water partition coefficient (Wildman–Crippen LogP) is 5.77. The summed E-state index contributed by atoms with van der Waals surface area (Å²) in [4.78, 5) is 9.16. The van der Waals surface area contributed by atoms with Crippen LogP contribution in [0.2, 0.25) is 0 Å². The standard InChI is InChI=1S/C20H17N3OS3/c1-14-8-9-17(27-14)12-21-23-18(19-7-4-10-25-19)13-26-20(23)22-15-5-3-6-16(11-15)24-2/h3-13H,1-2H3. The molecule has 1 aromatic carbocycles. The van der Waals surface area contributed by atoms with E-state index in [0.29, 0.717) is 0 Å². The van der Waals surface area contributed by atoms with Crippen molar-refractivity contribution >= 4 is 45.9 Å². The molecule has 7 heteroatoms. The molecule has 3 aromatic heterocycles. The summed E-state index contributed by atoms with van der Waals surface area (Å²) in [5, 5.41) is 8.91. The van der Waals surface area contributed by atoms with Crippen molar-refractivity contribution in [3.8, 4) is 16.3 Å². The molecule has 3 heterocycles. The lowest BCUT2D eigenvalue weighted by atomic mass is 10.3. The lowest BCUT2D eigenvalue weighted by molar-refractivity contribution is 0.415. The number of benzene rings is 1. The van der Waals surface area contributed by atoms with Crippen molar-refractivity contribution in [1.29, 1.82) is 0 Å². The second-order valence-corrected chi connectivity index (χ2v) is 8.80. The van der Waals surface area contributed by atoms with Crippen LogP contribution in [0.25, 0.3) is 10.6 Å². The predicted molar refractivity (Wildman–Crippen MR) is 116 cm³/mol. The fraction of sp³-hybridized carbons (Fsp3) is 0.100. The first-order valence-electron chi connectivity index (χ1n) is 8.27. The zero-order chi connectivity index (χ0) is 18.6. The van der Waals surface area contributed by atoms with Crippen LogP contribution in [0, 0.1) is 6.92 Å². The number of methoxy groups -OCH3 is 1.